The summed E-state index contributed by atoms with van der Waals surface area (Å²) in [7, 11) is 1.63. The van der Waals surface area contributed by atoms with Gasteiger partial charge in [0.15, 0.2) is 0 Å². The molecule has 1 aromatic carbocycles. The first-order valence-electron chi connectivity index (χ1n) is 6.07. The SMILES string of the molecule is COc1ccc(-c2noc([C@H]3CCCO3)n2)cc1Br. The minimum atomic E-state index is -0.0528. The van der Waals surface area contributed by atoms with E-state index in [1.807, 2.05) is 18.2 Å². The molecule has 5 nitrogen and oxygen atoms in total. The van der Waals surface area contributed by atoms with E-state index in [2.05, 4.69) is 26.1 Å². The van der Waals surface area contributed by atoms with Gasteiger partial charge in [-0.1, -0.05) is 5.16 Å². The molecule has 0 aliphatic carbocycles. The van der Waals surface area contributed by atoms with Gasteiger partial charge in [-0.25, -0.2) is 0 Å². The van der Waals surface area contributed by atoms with E-state index in [9.17, 15) is 0 Å². The fourth-order valence-corrected chi connectivity index (χ4v) is 2.60. The Labute approximate surface area is 119 Å². The van der Waals surface area contributed by atoms with Crippen molar-refractivity contribution in [1.29, 1.82) is 0 Å². The van der Waals surface area contributed by atoms with E-state index in [0.717, 1.165) is 35.2 Å². The quantitative estimate of drug-likeness (QED) is 0.866. The molecule has 100 valence electrons. The number of methoxy groups -OCH3 is 1. The molecule has 1 aliphatic heterocycles. The Kier molecular flexibility index (Phi) is 3.52. The summed E-state index contributed by atoms with van der Waals surface area (Å²) >= 11 is 3.44. The van der Waals surface area contributed by atoms with Gasteiger partial charge in [-0.05, 0) is 47.0 Å². The number of hydrogen-bond acceptors (Lipinski definition) is 5. The van der Waals surface area contributed by atoms with E-state index >= 15 is 0 Å². The summed E-state index contributed by atoms with van der Waals surface area (Å²) in [6.07, 6.45) is 1.92. The maximum absolute atomic E-state index is 5.52. The van der Waals surface area contributed by atoms with Crippen molar-refractivity contribution in [3.63, 3.8) is 0 Å². The molecule has 0 N–H and O–H groups in total. The van der Waals surface area contributed by atoms with Gasteiger partial charge in [-0.15, -0.1) is 0 Å². The smallest absolute Gasteiger partial charge is 0.256 e. The van der Waals surface area contributed by atoms with Crippen LogP contribution in [0.4, 0.5) is 0 Å². The topological polar surface area (TPSA) is 57.4 Å². The molecule has 1 aliphatic rings. The zero-order valence-corrected chi connectivity index (χ0v) is 12.0. The lowest BCUT2D eigenvalue weighted by molar-refractivity contribution is 0.0835. The largest absolute Gasteiger partial charge is 0.496 e. The highest BCUT2D eigenvalue weighted by molar-refractivity contribution is 9.10. The second-order valence-corrected chi connectivity index (χ2v) is 5.16. The molecule has 2 aromatic rings. The fourth-order valence-electron chi connectivity index (χ4n) is 2.06. The molecule has 6 heteroatoms. The van der Waals surface area contributed by atoms with E-state index in [4.69, 9.17) is 14.0 Å². The van der Waals surface area contributed by atoms with Crippen LogP contribution in [0.2, 0.25) is 0 Å². The molecule has 1 atom stereocenters. The van der Waals surface area contributed by atoms with Crippen molar-refractivity contribution in [3.05, 3.63) is 28.6 Å². The third-order valence-electron chi connectivity index (χ3n) is 3.06. The van der Waals surface area contributed by atoms with Gasteiger partial charge in [0.2, 0.25) is 5.82 Å². The van der Waals surface area contributed by atoms with Crippen molar-refractivity contribution in [2.75, 3.05) is 13.7 Å². The van der Waals surface area contributed by atoms with Crippen molar-refractivity contribution >= 4 is 15.9 Å². The Morgan fingerprint density at radius 1 is 1.42 bits per heavy atom. The second-order valence-electron chi connectivity index (χ2n) is 4.31. The van der Waals surface area contributed by atoms with Crippen molar-refractivity contribution in [2.24, 2.45) is 0 Å². The van der Waals surface area contributed by atoms with E-state index in [-0.39, 0.29) is 6.10 Å². The number of ether oxygens (including phenoxy) is 2. The normalized spacial score (nSPS) is 18.7. The van der Waals surface area contributed by atoms with Crippen LogP contribution < -0.4 is 4.74 Å². The summed E-state index contributed by atoms with van der Waals surface area (Å²) < 4.78 is 16.8. The van der Waals surface area contributed by atoms with Crippen LogP contribution in [0.5, 0.6) is 5.75 Å². The Morgan fingerprint density at radius 2 is 2.32 bits per heavy atom. The Balaban J connectivity index is 1.87. The van der Waals surface area contributed by atoms with Crippen molar-refractivity contribution < 1.29 is 14.0 Å². The van der Waals surface area contributed by atoms with Gasteiger partial charge < -0.3 is 14.0 Å². The van der Waals surface area contributed by atoms with Gasteiger partial charge >= 0.3 is 0 Å². The van der Waals surface area contributed by atoms with Crippen LogP contribution in [0.1, 0.15) is 24.8 Å². The zero-order chi connectivity index (χ0) is 13.2. The minimum Gasteiger partial charge on any atom is -0.496 e. The zero-order valence-electron chi connectivity index (χ0n) is 10.4. The van der Waals surface area contributed by atoms with E-state index < -0.39 is 0 Å². The van der Waals surface area contributed by atoms with E-state index in [1.54, 1.807) is 7.11 Å². The Bertz CT molecular complexity index is 579. The van der Waals surface area contributed by atoms with Crippen LogP contribution in [0.15, 0.2) is 27.2 Å². The van der Waals surface area contributed by atoms with Gasteiger partial charge in [0, 0.05) is 12.2 Å². The number of aromatic nitrogens is 2. The molecule has 0 amide bonds. The number of benzene rings is 1. The predicted octanol–water partition coefficient (Wildman–Crippen LogP) is 3.36. The highest BCUT2D eigenvalue weighted by Gasteiger charge is 2.24. The number of rotatable bonds is 3. The third kappa shape index (κ3) is 2.50. The van der Waals surface area contributed by atoms with Gasteiger partial charge in [-0.2, -0.15) is 4.98 Å². The van der Waals surface area contributed by atoms with Crippen LogP contribution in [0, 0.1) is 0 Å². The molecular formula is C13H13BrN2O3. The van der Waals surface area contributed by atoms with E-state index in [1.165, 1.54) is 0 Å². The highest BCUT2D eigenvalue weighted by Crippen LogP contribution is 2.31. The molecule has 1 fully saturated rings. The lowest BCUT2D eigenvalue weighted by Gasteiger charge is -2.03. The maximum Gasteiger partial charge on any atom is 0.256 e. The molecule has 0 radical (unpaired) electrons. The lowest BCUT2D eigenvalue weighted by Crippen LogP contribution is -1.95. The average Bonchev–Trinajstić information content (AvgIpc) is 3.09. The highest BCUT2D eigenvalue weighted by atomic mass is 79.9. The predicted molar refractivity (Wildman–Crippen MR) is 71.9 cm³/mol. The van der Waals surface area contributed by atoms with Gasteiger partial charge in [0.1, 0.15) is 11.9 Å². The second kappa shape index (κ2) is 5.30. The number of nitrogens with zero attached hydrogens (tertiary/aromatic N) is 2. The van der Waals surface area contributed by atoms with Gasteiger partial charge in [-0.3, -0.25) is 0 Å². The summed E-state index contributed by atoms with van der Waals surface area (Å²) in [4.78, 5) is 4.39. The third-order valence-corrected chi connectivity index (χ3v) is 3.68. The molecule has 1 aromatic heterocycles. The van der Waals surface area contributed by atoms with Crippen molar-refractivity contribution in [1.82, 2.24) is 10.1 Å². The molecule has 2 heterocycles. The number of hydrogen-bond donors (Lipinski definition) is 0. The minimum absolute atomic E-state index is 0.0528. The molecule has 0 bridgehead atoms. The van der Waals surface area contributed by atoms with Crippen LogP contribution in [0.3, 0.4) is 0 Å². The molecule has 3 rings (SSSR count). The molecule has 0 spiro atoms. The summed E-state index contributed by atoms with van der Waals surface area (Å²) in [5.74, 6) is 1.89. The molecule has 19 heavy (non-hydrogen) atoms. The summed E-state index contributed by atoms with van der Waals surface area (Å²) in [5, 5.41) is 4.00. The van der Waals surface area contributed by atoms with Crippen molar-refractivity contribution in [2.45, 2.75) is 18.9 Å². The van der Waals surface area contributed by atoms with Crippen molar-refractivity contribution in [3.8, 4) is 17.1 Å². The molecule has 0 saturated carbocycles. The van der Waals surface area contributed by atoms with E-state index in [0.29, 0.717) is 11.7 Å². The summed E-state index contributed by atoms with van der Waals surface area (Å²) in [6.45, 7) is 0.760. The van der Waals surface area contributed by atoms with Crippen LogP contribution in [-0.4, -0.2) is 23.9 Å². The maximum atomic E-state index is 5.52. The lowest BCUT2D eigenvalue weighted by atomic mass is 10.2. The first-order chi connectivity index (χ1) is 9.28. The van der Waals surface area contributed by atoms with Gasteiger partial charge in [0.05, 0.1) is 11.6 Å². The fraction of sp³-hybridized carbons (Fsp3) is 0.385. The van der Waals surface area contributed by atoms with Crippen LogP contribution in [-0.2, 0) is 4.74 Å². The first kappa shape index (κ1) is 12.6. The Morgan fingerprint density at radius 3 is 3.00 bits per heavy atom. The standard InChI is InChI=1S/C13H13BrN2O3/c1-17-10-5-4-8(7-9(10)14)12-15-13(19-16-12)11-3-2-6-18-11/h4-5,7,11H,2-3,6H2,1H3/t11-/m1/s1. The summed E-state index contributed by atoms with van der Waals surface area (Å²) in [5.41, 5.74) is 0.876. The molecule has 0 unspecified atom stereocenters. The number of halogens is 1. The molecule has 1 saturated heterocycles. The monoisotopic (exact) mass is 324 g/mol. The first-order valence-corrected chi connectivity index (χ1v) is 6.86. The summed E-state index contributed by atoms with van der Waals surface area (Å²) in [6, 6.07) is 5.66. The molecular weight excluding hydrogens is 312 g/mol. The van der Waals surface area contributed by atoms with Crippen LogP contribution in [0.25, 0.3) is 11.4 Å². The van der Waals surface area contributed by atoms with Gasteiger partial charge in [0.25, 0.3) is 5.89 Å². The average molecular weight is 325 g/mol. The van der Waals surface area contributed by atoms with Crippen LogP contribution >= 0.6 is 15.9 Å². The Hall–Kier alpha value is -1.40.